The molecule has 2 heterocycles. The van der Waals surface area contributed by atoms with Gasteiger partial charge in [0.15, 0.2) is 0 Å². The Balaban J connectivity index is 2.21. The average Bonchev–Trinajstić information content (AvgIpc) is 2.71. The Morgan fingerprint density at radius 2 is 2.27 bits per heavy atom. The largest absolute Gasteiger partial charge is 0.465 e. The fourth-order valence-corrected chi connectivity index (χ4v) is 1.09. The minimum Gasteiger partial charge on any atom is -0.465 e. The highest BCUT2D eigenvalue weighted by Crippen LogP contribution is 2.16. The van der Waals surface area contributed by atoms with Gasteiger partial charge in [0.25, 0.3) is 0 Å². The van der Waals surface area contributed by atoms with E-state index in [4.69, 9.17) is 5.11 Å². The van der Waals surface area contributed by atoms with Gasteiger partial charge < -0.3 is 9.63 Å². The van der Waals surface area contributed by atoms with Crippen LogP contribution in [0.25, 0.3) is 11.3 Å². The summed E-state index contributed by atoms with van der Waals surface area (Å²) in [4.78, 5) is 14.2. The number of pyridine rings is 1. The van der Waals surface area contributed by atoms with Gasteiger partial charge in [-0.05, 0) is 12.1 Å². The smallest absolute Gasteiger partial charge is 0.410 e. The van der Waals surface area contributed by atoms with Crippen LogP contribution in [0.4, 0.5) is 10.6 Å². The fraction of sp³-hybridized carbons (Fsp3) is 0. The van der Waals surface area contributed by atoms with Crippen molar-refractivity contribution >= 4 is 11.9 Å². The molecule has 0 fully saturated rings. The summed E-state index contributed by atoms with van der Waals surface area (Å²) in [5.74, 6) is 0.273. The number of nitrogens with zero attached hydrogens (tertiary/aromatic N) is 2. The molecule has 0 saturated carbocycles. The number of amides is 1. The maximum absolute atomic E-state index is 10.3. The second kappa shape index (κ2) is 3.79. The molecule has 2 N–H and O–H groups in total. The maximum Gasteiger partial charge on any atom is 0.410 e. The van der Waals surface area contributed by atoms with E-state index in [1.54, 1.807) is 18.2 Å². The molecule has 0 aromatic carbocycles. The first kappa shape index (κ1) is 9.20. The van der Waals surface area contributed by atoms with E-state index in [1.165, 1.54) is 12.5 Å². The molecular formula is C9H7N3O3. The molecule has 1 amide bonds. The van der Waals surface area contributed by atoms with Gasteiger partial charge in [-0.25, -0.2) is 9.78 Å². The van der Waals surface area contributed by atoms with E-state index in [-0.39, 0.29) is 5.82 Å². The van der Waals surface area contributed by atoms with Crippen LogP contribution < -0.4 is 5.32 Å². The van der Waals surface area contributed by atoms with Crippen LogP contribution in [0.5, 0.6) is 0 Å². The molecule has 0 saturated heterocycles. The summed E-state index contributed by atoms with van der Waals surface area (Å²) in [6.45, 7) is 0. The predicted molar refractivity (Wildman–Crippen MR) is 51.4 cm³/mol. The van der Waals surface area contributed by atoms with Crippen LogP contribution in [-0.2, 0) is 0 Å². The van der Waals surface area contributed by atoms with Crippen molar-refractivity contribution in [2.45, 2.75) is 0 Å². The van der Waals surface area contributed by atoms with Gasteiger partial charge in [0.05, 0.1) is 0 Å². The van der Waals surface area contributed by atoms with E-state index >= 15 is 0 Å². The monoisotopic (exact) mass is 205 g/mol. The van der Waals surface area contributed by atoms with Crippen molar-refractivity contribution < 1.29 is 14.4 Å². The zero-order chi connectivity index (χ0) is 10.7. The SMILES string of the molecule is O=C(O)Nc1ccc(-c2ccon2)cn1. The molecule has 76 valence electrons. The summed E-state index contributed by atoms with van der Waals surface area (Å²) in [6.07, 6.45) is 1.83. The molecular weight excluding hydrogens is 198 g/mol. The zero-order valence-corrected chi connectivity index (χ0v) is 7.54. The van der Waals surface area contributed by atoms with Crippen molar-refractivity contribution in [1.29, 1.82) is 0 Å². The van der Waals surface area contributed by atoms with Gasteiger partial charge in [-0.2, -0.15) is 0 Å². The van der Waals surface area contributed by atoms with Crippen molar-refractivity contribution in [1.82, 2.24) is 10.1 Å². The van der Waals surface area contributed by atoms with Gasteiger partial charge in [-0.1, -0.05) is 5.16 Å². The molecule has 15 heavy (non-hydrogen) atoms. The highest BCUT2D eigenvalue weighted by Gasteiger charge is 2.03. The minimum absolute atomic E-state index is 0.273. The van der Waals surface area contributed by atoms with Gasteiger partial charge in [-0.3, -0.25) is 5.32 Å². The second-order valence-corrected chi connectivity index (χ2v) is 2.75. The number of nitrogens with one attached hydrogen (secondary N) is 1. The van der Waals surface area contributed by atoms with Crippen LogP contribution in [-0.4, -0.2) is 21.3 Å². The molecule has 6 heteroatoms. The first-order valence-electron chi connectivity index (χ1n) is 4.12. The highest BCUT2D eigenvalue weighted by atomic mass is 16.5. The Labute approximate surface area is 84.5 Å². The quantitative estimate of drug-likeness (QED) is 0.780. The molecule has 2 aromatic heterocycles. The lowest BCUT2D eigenvalue weighted by Crippen LogP contribution is -2.08. The zero-order valence-electron chi connectivity index (χ0n) is 7.54. The summed E-state index contributed by atoms with van der Waals surface area (Å²) in [5, 5.41) is 14.3. The van der Waals surface area contributed by atoms with Crippen LogP contribution >= 0.6 is 0 Å². The molecule has 6 nitrogen and oxygen atoms in total. The van der Waals surface area contributed by atoms with E-state index in [0.29, 0.717) is 5.69 Å². The number of aromatic nitrogens is 2. The van der Waals surface area contributed by atoms with E-state index in [0.717, 1.165) is 5.56 Å². The van der Waals surface area contributed by atoms with Gasteiger partial charge in [0.2, 0.25) is 0 Å². The molecule has 0 aliphatic heterocycles. The summed E-state index contributed by atoms with van der Waals surface area (Å²) in [5.41, 5.74) is 1.42. The first-order chi connectivity index (χ1) is 7.25. The van der Waals surface area contributed by atoms with Crippen LogP contribution in [0, 0.1) is 0 Å². The third-order valence-corrected chi connectivity index (χ3v) is 1.73. The fourth-order valence-electron chi connectivity index (χ4n) is 1.09. The van der Waals surface area contributed by atoms with Crippen LogP contribution in [0.3, 0.4) is 0 Å². The number of carbonyl (C=O) groups is 1. The molecule has 0 aliphatic carbocycles. The molecule has 2 aromatic rings. The van der Waals surface area contributed by atoms with E-state index in [1.807, 2.05) is 0 Å². The lowest BCUT2D eigenvalue weighted by atomic mass is 10.2. The second-order valence-electron chi connectivity index (χ2n) is 2.75. The molecule has 0 radical (unpaired) electrons. The third-order valence-electron chi connectivity index (χ3n) is 1.73. The van der Waals surface area contributed by atoms with E-state index in [2.05, 4.69) is 20.0 Å². The lowest BCUT2D eigenvalue weighted by Gasteiger charge is -1.99. The van der Waals surface area contributed by atoms with Crippen molar-refractivity contribution in [2.24, 2.45) is 0 Å². The molecule has 0 atom stereocenters. The third kappa shape index (κ3) is 2.11. The Bertz CT molecular complexity index is 450. The van der Waals surface area contributed by atoms with E-state index < -0.39 is 6.09 Å². The van der Waals surface area contributed by atoms with Crippen LogP contribution in [0.1, 0.15) is 0 Å². The highest BCUT2D eigenvalue weighted by molar-refractivity contribution is 5.81. The van der Waals surface area contributed by atoms with E-state index in [9.17, 15) is 4.79 Å². The normalized spacial score (nSPS) is 9.87. The van der Waals surface area contributed by atoms with Crippen molar-refractivity contribution in [3.63, 3.8) is 0 Å². The number of hydrogen-bond donors (Lipinski definition) is 2. The predicted octanol–water partition coefficient (Wildman–Crippen LogP) is 1.83. The Hall–Kier alpha value is -2.37. The molecule has 0 unspecified atom stereocenters. The first-order valence-corrected chi connectivity index (χ1v) is 4.12. The number of hydrogen-bond acceptors (Lipinski definition) is 4. The summed E-state index contributed by atoms with van der Waals surface area (Å²) < 4.78 is 4.68. The number of rotatable bonds is 2. The van der Waals surface area contributed by atoms with Crippen LogP contribution in [0.2, 0.25) is 0 Å². The van der Waals surface area contributed by atoms with Gasteiger partial charge >= 0.3 is 6.09 Å². The standard InChI is InChI=1S/C9H7N3O3/c13-9(14)11-8-2-1-6(5-10-8)7-3-4-15-12-7/h1-5H,(H,10,11)(H,13,14). The number of anilines is 1. The molecule has 0 bridgehead atoms. The van der Waals surface area contributed by atoms with Crippen LogP contribution in [0.15, 0.2) is 35.2 Å². The minimum atomic E-state index is -1.14. The number of carboxylic acid groups (broad SMARTS) is 1. The molecule has 0 aliphatic rings. The Morgan fingerprint density at radius 3 is 2.80 bits per heavy atom. The van der Waals surface area contributed by atoms with Crippen molar-refractivity contribution in [2.75, 3.05) is 5.32 Å². The summed E-state index contributed by atoms with van der Waals surface area (Å²) >= 11 is 0. The maximum atomic E-state index is 10.3. The summed E-state index contributed by atoms with van der Waals surface area (Å²) in [6, 6.07) is 4.95. The van der Waals surface area contributed by atoms with Gasteiger partial charge in [0.1, 0.15) is 17.8 Å². The average molecular weight is 205 g/mol. The van der Waals surface area contributed by atoms with Crippen molar-refractivity contribution in [3.05, 3.63) is 30.7 Å². The van der Waals surface area contributed by atoms with Gasteiger partial charge in [0, 0.05) is 17.8 Å². The Kier molecular flexibility index (Phi) is 2.32. The lowest BCUT2D eigenvalue weighted by molar-refractivity contribution is 0.209. The Morgan fingerprint density at radius 1 is 1.40 bits per heavy atom. The topological polar surface area (TPSA) is 88.2 Å². The molecule has 0 spiro atoms. The molecule has 2 rings (SSSR count). The van der Waals surface area contributed by atoms with Gasteiger partial charge in [-0.15, -0.1) is 0 Å². The summed E-state index contributed by atoms with van der Waals surface area (Å²) in [7, 11) is 0. The van der Waals surface area contributed by atoms with Crippen molar-refractivity contribution in [3.8, 4) is 11.3 Å².